The van der Waals surface area contributed by atoms with Gasteiger partial charge in [0.05, 0.1) is 18.2 Å². The average molecular weight is 987 g/mol. The van der Waals surface area contributed by atoms with Crippen LogP contribution in [-0.2, 0) is 49.6 Å². The highest BCUT2D eigenvalue weighted by Crippen LogP contribution is 2.21. The van der Waals surface area contributed by atoms with Crippen LogP contribution in [-0.4, -0.2) is 141 Å². The Labute approximate surface area is 413 Å². The van der Waals surface area contributed by atoms with E-state index < -0.39 is 102 Å². The fraction of sp³-hybridized carbons (Fsp3) is 0.700. The van der Waals surface area contributed by atoms with Gasteiger partial charge in [0, 0.05) is 26.4 Å². The van der Waals surface area contributed by atoms with Gasteiger partial charge >= 0.3 is 0 Å². The van der Waals surface area contributed by atoms with Gasteiger partial charge in [0.15, 0.2) is 0 Å². The van der Waals surface area contributed by atoms with Gasteiger partial charge in [-0.2, -0.15) is 0 Å². The van der Waals surface area contributed by atoms with Gasteiger partial charge in [-0.25, -0.2) is 0 Å². The zero-order chi connectivity index (χ0) is 52.5. The summed E-state index contributed by atoms with van der Waals surface area (Å²) >= 11 is 0. The quantitative estimate of drug-likeness (QED) is 0.0365. The summed E-state index contributed by atoms with van der Waals surface area (Å²) < 4.78 is 0. The molecule has 0 bridgehead atoms. The summed E-state index contributed by atoms with van der Waals surface area (Å²) in [5.41, 5.74) is 0.503. The topological polar surface area (TPSA) is 302 Å². The fourth-order valence-electron chi connectivity index (χ4n) is 8.14. The number of carbonyl (C=O) groups is 9. The molecule has 9 atom stereocenters. The van der Waals surface area contributed by atoms with Crippen molar-refractivity contribution in [2.24, 2.45) is 5.92 Å². The van der Waals surface area contributed by atoms with Gasteiger partial charge in [0.25, 0.3) is 5.91 Å². The molecule has 2 unspecified atom stereocenters. The van der Waals surface area contributed by atoms with E-state index in [0.717, 1.165) is 19.3 Å². The number of hydrogen-bond acceptors (Lipinski definition) is 12. The molecular formula is C50H82N8O12. The van der Waals surface area contributed by atoms with Crippen molar-refractivity contribution in [3.05, 3.63) is 29.8 Å². The van der Waals surface area contributed by atoms with Crippen LogP contribution in [0, 0.1) is 5.92 Å². The molecule has 20 heteroatoms. The molecule has 10 N–H and O–H groups in total. The number of benzene rings is 1. The Bertz CT molecular complexity index is 1880. The number of rotatable bonds is 32. The number of ketones is 1. The number of likely N-dealkylation sites (tertiary alicyclic amines) is 1. The molecule has 1 heterocycles. The van der Waals surface area contributed by atoms with E-state index in [4.69, 9.17) is 0 Å². The largest absolute Gasteiger partial charge is 0.508 e. The van der Waals surface area contributed by atoms with E-state index in [1.165, 1.54) is 109 Å². The first-order valence-electron chi connectivity index (χ1n) is 25.1. The number of nitrogens with zero attached hydrogens (tertiary/aromatic N) is 1. The highest BCUT2D eigenvalue weighted by molar-refractivity contribution is 6.38. The molecule has 0 aliphatic carbocycles. The Kier molecular flexibility index (Phi) is 27.3. The minimum atomic E-state index is -1.63. The second kappa shape index (κ2) is 31.6. The number of nitrogens with one attached hydrogen (secondary N) is 7. The van der Waals surface area contributed by atoms with Crippen molar-refractivity contribution in [1.82, 2.24) is 42.1 Å². The van der Waals surface area contributed by atoms with Crippen LogP contribution in [0.4, 0.5) is 0 Å². The van der Waals surface area contributed by atoms with Gasteiger partial charge in [-0.3, -0.25) is 43.2 Å². The Hall–Kier alpha value is -5.63. The second-order valence-electron chi connectivity index (χ2n) is 19.0. The second-order valence-corrected chi connectivity index (χ2v) is 19.0. The first-order valence-corrected chi connectivity index (χ1v) is 25.1. The van der Waals surface area contributed by atoms with Gasteiger partial charge in [-0.1, -0.05) is 97.1 Å². The monoisotopic (exact) mass is 987 g/mol. The van der Waals surface area contributed by atoms with E-state index >= 15 is 0 Å². The molecule has 1 aliphatic heterocycles. The van der Waals surface area contributed by atoms with Crippen LogP contribution in [0.1, 0.15) is 150 Å². The third-order valence-electron chi connectivity index (χ3n) is 12.3. The lowest BCUT2D eigenvalue weighted by molar-refractivity contribution is -0.145. The summed E-state index contributed by atoms with van der Waals surface area (Å²) in [6.07, 6.45) is 10.4. The molecular weight excluding hydrogens is 905 g/mol. The van der Waals surface area contributed by atoms with Gasteiger partial charge in [0.1, 0.15) is 42.0 Å². The lowest BCUT2D eigenvalue weighted by Gasteiger charge is -2.32. The minimum Gasteiger partial charge on any atom is -0.508 e. The molecule has 0 radical (unpaired) electrons. The Morgan fingerprint density at radius 3 is 1.71 bits per heavy atom. The molecule has 70 heavy (non-hydrogen) atoms. The molecule has 0 aromatic heterocycles. The lowest BCUT2D eigenvalue weighted by atomic mass is 10.0. The lowest BCUT2D eigenvalue weighted by Crippen LogP contribution is -2.62. The van der Waals surface area contributed by atoms with Gasteiger partial charge in [-0.05, 0) is 77.0 Å². The first kappa shape index (κ1) is 60.5. The number of hydrogen-bond donors (Lipinski definition) is 10. The van der Waals surface area contributed by atoms with Crippen LogP contribution >= 0.6 is 0 Å². The maximum atomic E-state index is 14.0. The van der Waals surface area contributed by atoms with Crippen LogP contribution < -0.4 is 37.2 Å². The predicted molar refractivity (Wildman–Crippen MR) is 262 cm³/mol. The van der Waals surface area contributed by atoms with Crippen LogP contribution in [0.25, 0.3) is 0 Å². The third-order valence-corrected chi connectivity index (χ3v) is 12.3. The standard InChI is InChI=1S/C50H82N8O12/c1-9-10-11-12-13-14-15-16-17-18-19-22-40(62)54-37(28-30(2)3)46(66)57-42(34(7)60)50(70)58-27-20-21-39(58)47(67)56-41(33(6)59)48(68)53-32(5)44(64)55-38(29-35-23-25-36(61)26-24-35)45(65)52-31(4)43(63)49(69)51-8/h23-26,30-34,37-39,41-42,59-61H,9-22,27-29H2,1-8H3,(H,51,69)(H,52,65)(H,53,68)(H,54,62)(H,55,64)(H,56,67)(H,57,66)/t31?,32-,33+,34?,37-,38-,39+,41-,42-/m0/s1. The molecule has 1 aliphatic rings. The van der Waals surface area contributed by atoms with E-state index in [9.17, 15) is 58.5 Å². The van der Waals surface area contributed by atoms with E-state index in [-0.39, 0.29) is 49.8 Å². The van der Waals surface area contributed by atoms with E-state index in [2.05, 4.69) is 44.1 Å². The van der Waals surface area contributed by atoms with Crippen LogP contribution in [0.2, 0.25) is 0 Å². The van der Waals surface area contributed by atoms with Crippen LogP contribution in [0.3, 0.4) is 0 Å². The molecule has 0 spiro atoms. The number of carbonyl (C=O) groups excluding carboxylic acids is 9. The maximum absolute atomic E-state index is 14.0. The third kappa shape index (κ3) is 21.2. The summed E-state index contributed by atoms with van der Waals surface area (Å²) in [5, 5.41) is 48.6. The summed E-state index contributed by atoms with van der Waals surface area (Å²) in [7, 11) is 1.25. The molecule has 20 nitrogen and oxygen atoms in total. The molecule has 2 rings (SSSR count). The normalized spacial score (nSPS) is 16.8. The van der Waals surface area contributed by atoms with Crippen molar-refractivity contribution >= 4 is 53.0 Å². The molecule has 1 fully saturated rings. The maximum Gasteiger partial charge on any atom is 0.289 e. The van der Waals surface area contributed by atoms with Crippen molar-refractivity contribution in [1.29, 1.82) is 0 Å². The predicted octanol–water partition coefficient (Wildman–Crippen LogP) is 1.70. The summed E-state index contributed by atoms with van der Waals surface area (Å²) in [6, 6.07) is -3.50. The van der Waals surface area contributed by atoms with Crippen molar-refractivity contribution in [3.8, 4) is 5.75 Å². The number of phenolic OH excluding ortho intramolecular Hbond substituents is 1. The molecule has 1 aromatic carbocycles. The Morgan fingerprint density at radius 2 is 1.17 bits per heavy atom. The van der Waals surface area contributed by atoms with Crippen molar-refractivity contribution in [2.45, 2.75) is 206 Å². The first-order chi connectivity index (χ1) is 33.1. The smallest absolute Gasteiger partial charge is 0.289 e. The Morgan fingerprint density at radius 1 is 0.629 bits per heavy atom. The summed E-state index contributed by atoms with van der Waals surface area (Å²) in [6.45, 7) is 11.2. The number of likely N-dealkylation sites (N-methyl/N-ethyl adjacent to an activating group) is 1. The molecule has 1 saturated heterocycles. The minimum absolute atomic E-state index is 0.00829. The zero-order valence-corrected chi connectivity index (χ0v) is 42.6. The molecule has 0 saturated carbocycles. The zero-order valence-electron chi connectivity index (χ0n) is 42.6. The van der Waals surface area contributed by atoms with E-state index in [0.29, 0.717) is 18.4 Å². The number of Topliss-reactive ketones (excluding diaryl/α,β-unsaturated/α-hetero) is 1. The number of phenols is 1. The van der Waals surface area contributed by atoms with E-state index in [1.807, 2.05) is 13.8 Å². The van der Waals surface area contributed by atoms with Gasteiger partial charge in [0.2, 0.25) is 47.1 Å². The van der Waals surface area contributed by atoms with Crippen LogP contribution in [0.15, 0.2) is 24.3 Å². The van der Waals surface area contributed by atoms with Gasteiger partial charge in [-0.15, -0.1) is 0 Å². The SMILES string of the molecule is CCCCCCCCCCCCCC(=O)N[C@@H](CC(C)C)C(=O)N[C@H](C(=O)N1CCC[C@@H]1C(=O)N[C@H](C(=O)N[C@@H](C)C(=O)N[C@@H](Cc1ccc(O)cc1)C(=O)NC(C)C(=O)C(=O)NC)[C@@H](C)O)C(C)O. The average Bonchev–Trinajstić information content (AvgIpc) is 3.81. The number of aromatic hydroxyl groups is 1. The number of aliphatic hydroxyl groups is 2. The number of aliphatic hydroxyl groups excluding tert-OH is 2. The van der Waals surface area contributed by atoms with Crippen LogP contribution in [0.5, 0.6) is 5.75 Å². The summed E-state index contributed by atoms with van der Waals surface area (Å²) in [5.74, 6) is -7.17. The van der Waals surface area contributed by atoms with Crippen molar-refractivity contribution in [3.63, 3.8) is 0 Å². The highest BCUT2D eigenvalue weighted by atomic mass is 16.3. The molecule has 394 valence electrons. The highest BCUT2D eigenvalue weighted by Gasteiger charge is 2.42. The number of unbranched alkanes of at least 4 members (excludes halogenated alkanes) is 10. The Balaban J connectivity index is 2.09. The number of amides is 8. The van der Waals surface area contributed by atoms with Gasteiger partial charge < -0.3 is 57.4 Å². The molecule has 1 aromatic rings. The van der Waals surface area contributed by atoms with Crippen molar-refractivity contribution < 1.29 is 58.5 Å². The fourth-order valence-corrected chi connectivity index (χ4v) is 8.14. The summed E-state index contributed by atoms with van der Waals surface area (Å²) in [4.78, 5) is 120. The molecule has 8 amide bonds. The van der Waals surface area contributed by atoms with E-state index in [1.54, 1.807) is 0 Å². The van der Waals surface area contributed by atoms with Crippen molar-refractivity contribution in [2.75, 3.05) is 13.6 Å².